The van der Waals surface area contributed by atoms with E-state index in [1.165, 1.54) is 0 Å². The number of rotatable bonds is 2. The van der Waals surface area contributed by atoms with Gasteiger partial charge in [-0.05, 0) is 80.9 Å². The van der Waals surface area contributed by atoms with Crippen LogP contribution >= 0.6 is 0 Å². The molecule has 1 saturated heterocycles. The van der Waals surface area contributed by atoms with Crippen molar-refractivity contribution in [1.82, 2.24) is 0 Å². The Bertz CT molecular complexity index is 691. The Morgan fingerprint density at radius 1 is 0.926 bits per heavy atom. The molecule has 0 bridgehead atoms. The molecule has 1 aromatic rings. The normalized spacial score (nSPS) is 29.1. The van der Waals surface area contributed by atoms with Crippen molar-refractivity contribution in [1.29, 1.82) is 0 Å². The third-order valence-electron chi connectivity index (χ3n) is 5.84. The Balaban J connectivity index is 1.65. The molecule has 2 fully saturated rings. The van der Waals surface area contributed by atoms with E-state index in [1.807, 2.05) is 0 Å². The zero-order valence-electron chi connectivity index (χ0n) is 15.2. The van der Waals surface area contributed by atoms with Crippen LogP contribution in [0.25, 0.3) is 0 Å². The molecule has 148 valence electrons. The first-order chi connectivity index (χ1) is 12.7. The number of benzene rings is 1. The zero-order valence-corrected chi connectivity index (χ0v) is 15.2. The smallest absolute Gasteiger partial charge is 0.378 e. The Kier molecular flexibility index (Phi) is 6.10. The number of alkyl halides is 3. The van der Waals surface area contributed by atoms with Gasteiger partial charge in [0, 0.05) is 5.92 Å². The predicted molar refractivity (Wildman–Crippen MR) is 92.1 cm³/mol. The summed E-state index contributed by atoms with van der Waals surface area (Å²) in [5.74, 6) is 1.58. The molecule has 2 atom stereocenters. The van der Waals surface area contributed by atoms with Crippen LogP contribution in [0.2, 0.25) is 0 Å². The van der Waals surface area contributed by atoms with Crippen LogP contribution in [0.5, 0.6) is 0 Å². The highest BCUT2D eigenvalue weighted by Gasteiger charge is 2.31. The molecular weight excluding hydrogens is 363 g/mol. The molecule has 1 aliphatic carbocycles. The van der Waals surface area contributed by atoms with Crippen molar-refractivity contribution in [3.05, 3.63) is 34.9 Å². The molecule has 0 spiro atoms. The molecule has 0 N–H and O–H groups in total. The molecule has 6 heteroatoms. The van der Waals surface area contributed by atoms with Crippen molar-refractivity contribution in [3.63, 3.8) is 0 Å². The molecule has 2 aliphatic rings. The highest BCUT2D eigenvalue weighted by atomic mass is 19.4. The highest BCUT2D eigenvalue weighted by molar-refractivity contribution is 5.40. The van der Waals surface area contributed by atoms with Crippen molar-refractivity contribution in [2.24, 2.45) is 11.8 Å². The molecular formula is C21H23F5O. The largest absolute Gasteiger partial charge is 0.458 e. The molecule has 0 amide bonds. The predicted octanol–water partition coefficient (Wildman–Crippen LogP) is 5.97. The van der Waals surface area contributed by atoms with E-state index in [-0.39, 0.29) is 5.92 Å². The quantitative estimate of drug-likeness (QED) is 0.450. The average Bonchev–Trinajstić information content (AvgIpc) is 2.61. The fourth-order valence-electron chi connectivity index (χ4n) is 4.28. The van der Waals surface area contributed by atoms with Crippen LogP contribution in [-0.2, 0) is 4.74 Å². The summed E-state index contributed by atoms with van der Waals surface area (Å²) in [5, 5.41) is 0. The number of hydrogen-bond donors (Lipinski definition) is 0. The molecule has 0 aromatic heterocycles. The third-order valence-corrected chi connectivity index (χ3v) is 5.84. The minimum absolute atomic E-state index is 0.0262. The molecule has 3 rings (SSSR count). The first-order valence-electron chi connectivity index (χ1n) is 9.43. The second-order valence-electron chi connectivity index (χ2n) is 7.70. The summed E-state index contributed by atoms with van der Waals surface area (Å²) in [6, 6.07) is 2.28. The highest BCUT2D eigenvalue weighted by Crippen LogP contribution is 2.41. The summed E-state index contributed by atoms with van der Waals surface area (Å²) in [7, 11) is 0. The van der Waals surface area contributed by atoms with Crippen LogP contribution in [0.1, 0.15) is 62.5 Å². The fraction of sp³-hybridized carbons (Fsp3) is 0.619. The van der Waals surface area contributed by atoms with Gasteiger partial charge >= 0.3 is 6.18 Å². The topological polar surface area (TPSA) is 9.23 Å². The molecule has 1 aliphatic heterocycles. The molecule has 27 heavy (non-hydrogen) atoms. The van der Waals surface area contributed by atoms with Crippen molar-refractivity contribution in [2.75, 3.05) is 6.61 Å². The number of ether oxygens (including phenoxy) is 1. The van der Waals surface area contributed by atoms with Gasteiger partial charge in [-0.3, -0.25) is 0 Å². The van der Waals surface area contributed by atoms with Gasteiger partial charge in [0.2, 0.25) is 0 Å². The van der Waals surface area contributed by atoms with Crippen LogP contribution in [0.4, 0.5) is 22.0 Å². The van der Waals surface area contributed by atoms with E-state index >= 15 is 0 Å². The van der Waals surface area contributed by atoms with Crippen molar-refractivity contribution in [2.45, 2.75) is 63.6 Å². The summed E-state index contributed by atoms with van der Waals surface area (Å²) in [6.45, 7) is 2.87. The summed E-state index contributed by atoms with van der Waals surface area (Å²) < 4.78 is 70.5. The van der Waals surface area contributed by atoms with Gasteiger partial charge in [-0.25, -0.2) is 8.78 Å². The monoisotopic (exact) mass is 386 g/mol. The second kappa shape index (κ2) is 8.18. The second-order valence-corrected chi connectivity index (χ2v) is 7.70. The van der Waals surface area contributed by atoms with Crippen molar-refractivity contribution in [3.8, 4) is 11.8 Å². The van der Waals surface area contributed by atoms with Crippen LogP contribution in [0, 0.1) is 35.3 Å². The van der Waals surface area contributed by atoms with Crippen LogP contribution in [0.15, 0.2) is 12.1 Å². The Morgan fingerprint density at radius 2 is 1.52 bits per heavy atom. The Hall–Kier alpha value is -1.61. The van der Waals surface area contributed by atoms with Gasteiger partial charge in [0.1, 0.15) is 11.6 Å². The third kappa shape index (κ3) is 5.22. The van der Waals surface area contributed by atoms with E-state index in [1.54, 1.807) is 5.92 Å². The summed E-state index contributed by atoms with van der Waals surface area (Å²) in [5.41, 5.74) is -0.312. The van der Waals surface area contributed by atoms with Gasteiger partial charge in [0.15, 0.2) is 0 Å². The van der Waals surface area contributed by atoms with E-state index < -0.39 is 23.4 Å². The molecule has 1 aromatic carbocycles. The number of halogens is 5. The van der Waals surface area contributed by atoms with Gasteiger partial charge in [0.25, 0.3) is 0 Å². The number of hydrogen-bond acceptors (Lipinski definition) is 1. The van der Waals surface area contributed by atoms with Gasteiger partial charge in [-0.1, -0.05) is 5.92 Å². The summed E-state index contributed by atoms with van der Waals surface area (Å²) in [6.07, 6.45) is 1.37. The molecule has 1 saturated carbocycles. The van der Waals surface area contributed by atoms with Gasteiger partial charge in [-0.15, -0.1) is 0 Å². The molecule has 1 heterocycles. The Labute approximate surface area is 156 Å². The molecule has 2 unspecified atom stereocenters. The SMILES string of the molecule is CC1CCC(C2CCC(c3cc(F)c(C#CC(F)(F)F)c(F)c3)CC2)CO1. The lowest BCUT2D eigenvalue weighted by Crippen LogP contribution is -2.31. The first-order valence-corrected chi connectivity index (χ1v) is 9.43. The maximum atomic E-state index is 14.1. The standard InChI is InChI=1S/C21H23F5O/c1-13-2-3-16(12-27-13)14-4-6-15(7-5-14)17-10-19(22)18(20(23)11-17)8-9-21(24,25)26/h10-11,13-16H,2-7,12H2,1H3. The molecule has 1 nitrogen and oxygen atoms in total. The molecule has 0 radical (unpaired) electrons. The lowest BCUT2D eigenvalue weighted by molar-refractivity contribution is -0.0696. The zero-order chi connectivity index (χ0) is 19.6. The average molecular weight is 386 g/mol. The Morgan fingerprint density at radius 3 is 2.04 bits per heavy atom. The van der Waals surface area contributed by atoms with Crippen molar-refractivity contribution >= 4 is 0 Å². The van der Waals surface area contributed by atoms with Crippen LogP contribution in [-0.4, -0.2) is 18.9 Å². The van der Waals surface area contributed by atoms with Gasteiger partial charge in [0.05, 0.1) is 18.3 Å². The van der Waals surface area contributed by atoms with Crippen molar-refractivity contribution < 1.29 is 26.7 Å². The lowest BCUT2D eigenvalue weighted by atomic mass is 9.72. The fourth-order valence-corrected chi connectivity index (χ4v) is 4.28. The van der Waals surface area contributed by atoms with E-state index in [2.05, 4.69) is 6.92 Å². The van der Waals surface area contributed by atoms with Gasteiger partial charge < -0.3 is 4.74 Å². The van der Waals surface area contributed by atoms with E-state index in [0.29, 0.717) is 23.5 Å². The van der Waals surface area contributed by atoms with E-state index in [9.17, 15) is 22.0 Å². The van der Waals surface area contributed by atoms with Gasteiger partial charge in [-0.2, -0.15) is 13.2 Å². The summed E-state index contributed by atoms with van der Waals surface area (Å²) >= 11 is 0. The first kappa shape index (κ1) is 20.1. The van der Waals surface area contributed by atoms with E-state index in [4.69, 9.17) is 4.74 Å². The summed E-state index contributed by atoms with van der Waals surface area (Å²) in [4.78, 5) is 0. The van der Waals surface area contributed by atoms with Crippen LogP contribution < -0.4 is 0 Å². The minimum Gasteiger partial charge on any atom is -0.378 e. The minimum atomic E-state index is -4.78. The maximum Gasteiger partial charge on any atom is 0.458 e. The van der Waals surface area contributed by atoms with E-state index in [0.717, 1.165) is 63.2 Å². The van der Waals surface area contributed by atoms with Crippen LogP contribution in [0.3, 0.4) is 0 Å². The maximum absolute atomic E-state index is 14.1. The lowest BCUT2D eigenvalue weighted by Gasteiger charge is -2.37.